The summed E-state index contributed by atoms with van der Waals surface area (Å²) in [6.45, 7) is 7.10. The van der Waals surface area contributed by atoms with Crippen LogP contribution in [0.15, 0.2) is 30.3 Å². The van der Waals surface area contributed by atoms with Crippen molar-refractivity contribution in [2.45, 2.75) is 39.3 Å². The lowest BCUT2D eigenvalue weighted by atomic mass is 9.92. The second-order valence-corrected chi connectivity index (χ2v) is 6.19. The number of cyclic esters (lactones) is 1. The summed E-state index contributed by atoms with van der Waals surface area (Å²) >= 11 is 0. The fourth-order valence-electron chi connectivity index (χ4n) is 2.35. The predicted octanol–water partition coefficient (Wildman–Crippen LogP) is 3.12. The number of hydrogen-bond donors (Lipinski definition) is 0. The molecule has 0 bridgehead atoms. The molecule has 5 nitrogen and oxygen atoms in total. The zero-order chi connectivity index (χ0) is 15.6. The van der Waals surface area contributed by atoms with Crippen LogP contribution in [0.3, 0.4) is 0 Å². The van der Waals surface area contributed by atoms with Gasteiger partial charge in [0.1, 0.15) is 5.60 Å². The van der Waals surface area contributed by atoms with Crippen molar-refractivity contribution in [3.63, 3.8) is 0 Å². The maximum atomic E-state index is 12.4. The lowest BCUT2D eigenvalue weighted by molar-refractivity contribution is -0.166. The summed E-state index contributed by atoms with van der Waals surface area (Å²) in [5, 5.41) is 0. The molecule has 21 heavy (non-hydrogen) atoms. The number of amides is 1. The summed E-state index contributed by atoms with van der Waals surface area (Å²) in [6, 6.07) is 9.09. The first kappa shape index (κ1) is 15.4. The first-order chi connectivity index (χ1) is 9.79. The van der Waals surface area contributed by atoms with E-state index in [9.17, 15) is 9.59 Å². The lowest BCUT2D eigenvalue weighted by Gasteiger charge is -2.39. The predicted molar refractivity (Wildman–Crippen MR) is 77.4 cm³/mol. The fraction of sp³-hybridized carbons (Fsp3) is 0.500. The monoisotopic (exact) mass is 291 g/mol. The molecule has 1 fully saturated rings. The quantitative estimate of drug-likeness (QED) is 0.746. The van der Waals surface area contributed by atoms with Gasteiger partial charge in [-0.1, -0.05) is 30.3 Å². The highest BCUT2D eigenvalue weighted by Crippen LogP contribution is 2.33. The second kappa shape index (κ2) is 5.76. The molecule has 0 saturated carbocycles. The van der Waals surface area contributed by atoms with E-state index in [1.54, 1.807) is 6.92 Å². The summed E-state index contributed by atoms with van der Waals surface area (Å²) < 4.78 is 10.5. The average Bonchev–Trinajstić information content (AvgIpc) is 2.40. The molecular formula is C16H21NO4. The number of nitrogens with zero attached hydrogens (tertiary/aromatic N) is 1. The smallest absolute Gasteiger partial charge is 0.413 e. The van der Waals surface area contributed by atoms with Gasteiger partial charge in [-0.3, -0.25) is 9.69 Å². The normalized spacial score (nSPS) is 22.7. The highest BCUT2D eigenvalue weighted by molar-refractivity contribution is 5.77. The Hall–Kier alpha value is -2.04. The minimum atomic E-state index is -0.594. The SMILES string of the molecule is C[C@@H]1C(=O)OCN(C(=O)OC(C)(C)C)[C@H]1c1ccccc1. The number of rotatable bonds is 1. The Morgan fingerprint density at radius 2 is 1.90 bits per heavy atom. The standard InChI is InChI=1S/C16H21NO4/c1-11-13(12-8-6-5-7-9-12)17(10-20-14(11)18)15(19)21-16(2,3)4/h5-9,11,13H,10H2,1-4H3/t11-,13+/m0/s1. The molecule has 1 aromatic carbocycles. The minimum Gasteiger partial charge on any atom is -0.444 e. The molecule has 1 aromatic rings. The Morgan fingerprint density at radius 3 is 2.48 bits per heavy atom. The number of benzene rings is 1. The van der Waals surface area contributed by atoms with E-state index in [-0.39, 0.29) is 18.7 Å². The van der Waals surface area contributed by atoms with Gasteiger partial charge in [-0.25, -0.2) is 4.79 Å². The van der Waals surface area contributed by atoms with E-state index in [0.717, 1.165) is 5.56 Å². The summed E-state index contributed by atoms with van der Waals surface area (Å²) in [7, 11) is 0. The molecule has 114 valence electrons. The van der Waals surface area contributed by atoms with Gasteiger partial charge in [0.05, 0.1) is 12.0 Å². The van der Waals surface area contributed by atoms with Gasteiger partial charge in [0.25, 0.3) is 0 Å². The fourth-order valence-corrected chi connectivity index (χ4v) is 2.35. The maximum absolute atomic E-state index is 12.4. The third-order valence-electron chi connectivity index (χ3n) is 3.30. The van der Waals surface area contributed by atoms with Crippen LogP contribution in [-0.4, -0.2) is 29.3 Å². The van der Waals surface area contributed by atoms with Crippen LogP contribution in [0.4, 0.5) is 4.79 Å². The van der Waals surface area contributed by atoms with Crippen molar-refractivity contribution in [1.82, 2.24) is 4.90 Å². The van der Waals surface area contributed by atoms with Gasteiger partial charge in [-0.15, -0.1) is 0 Å². The molecule has 2 rings (SSSR count). The van der Waals surface area contributed by atoms with Crippen LogP contribution < -0.4 is 0 Å². The van der Waals surface area contributed by atoms with Gasteiger partial charge < -0.3 is 9.47 Å². The van der Waals surface area contributed by atoms with Crippen molar-refractivity contribution in [2.24, 2.45) is 5.92 Å². The molecule has 5 heteroatoms. The molecule has 1 heterocycles. The van der Waals surface area contributed by atoms with Crippen LogP contribution in [0.1, 0.15) is 39.3 Å². The largest absolute Gasteiger partial charge is 0.444 e. The van der Waals surface area contributed by atoms with E-state index in [1.807, 2.05) is 51.1 Å². The van der Waals surface area contributed by atoms with Crippen LogP contribution >= 0.6 is 0 Å². The van der Waals surface area contributed by atoms with Crippen molar-refractivity contribution in [3.8, 4) is 0 Å². The molecule has 0 spiro atoms. The van der Waals surface area contributed by atoms with E-state index in [2.05, 4.69) is 0 Å². The number of carbonyl (C=O) groups is 2. The highest BCUT2D eigenvalue weighted by atomic mass is 16.6. The van der Waals surface area contributed by atoms with Gasteiger partial charge in [0, 0.05) is 0 Å². The first-order valence-electron chi connectivity index (χ1n) is 7.01. The zero-order valence-corrected chi connectivity index (χ0v) is 12.8. The Labute approximate surface area is 124 Å². The molecule has 1 saturated heterocycles. The average molecular weight is 291 g/mol. The van der Waals surface area contributed by atoms with Gasteiger partial charge in [-0.2, -0.15) is 0 Å². The van der Waals surface area contributed by atoms with E-state index in [4.69, 9.17) is 9.47 Å². The van der Waals surface area contributed by atoms with Crippen molar-refractivity contribution >= 4 is 12.1 Å². The van der Waals surface area contributed by atoms with E-state index >= 15 is 0 Å². The molecule has 1 aliphatic heterocycles. The molecule has 1 amide bonds. The van der Waals surface area contributed by atoms with Crippen LogP contribution in [-0.2, 0) is 14.3 Å². The molecule has 1 aliphatic rings. The summed E-state index contributed by atoms with van der Waals surface area (Å²) in [6.07, 6.45) is -0.476. The highest BCUT2D eigenvalue weighted by Gasteiger charge is 2.40. The molecule has 0 aromatic heterocycles. The molecule has 0 aliphatic carbocycles. The Morgan fingerprint density at radius 1 is 1.29 bits per heavy atom. The number of ether oxygens (including phenoxy) is 2. The number of carbonyl (C=O) groups excluding carboxylic acids is 2. The second-order valence-electron chi connectivity index (χ2n) is 6.19. The van der Waals surface area contributed by atoms with Gasteiger partial charge in [-0.05, 0) is 33.3 Å². The summed E-state index contributed by atoms with van der Waals surface area (Å²) in [5.41, 5.74) is 0.302. The minimum absolute atomic E-state index is 0.0857. The number of esters is 1. The van der Waals surface area contributed by atoms with Crippen molar-refractivity contribution < 1.29 is 19.1 Å². The van der Waals surface area contributed by atoms with Crippen molar-refractivity contribution in [2.75, 3.05) is 6.73 Å². The Bertz CT molecular complexity index is 521. The van der Waals surface area contributed by atoms with Crippen molar-refractivity contribution in [3.05, 3.63) is 35.9 Å². The maximum Gasteiger partial charge on any atom is 0.413 e. The van der Waals surface area contributed by atoms with Gasteiger partial charge >= 0.3 is 12.1 Å². The zero-order valence-electron chi connectivity index (χ0n) is 12.8. The molecule has 0 radical (unpaired) electrons. The third-order valence-corrected chi connectivity index (χ3v) is 3.30. The number of hydrogen-bond acceptors (Lipinski definition) is 4. The summed E-state index contributed by atoms with van der Waals surface area (Å²) in [4.78, 5) is 25.7. The van der Waals surface area contributed by atoms with Gasteiger partial charge in [0.15, 0.2) is 6.73 Å². The van der Waals surface area contributed by atoms with Crippen LogP contribution in [0.5, 0.6) is 0 Å². The molecule has 2 atom stereocenters. The first-order valence-corrected chi connectivity index (χ1v) is 7.01. The topological polar surface area (TPSA) is 55.8 Å². The van der Waals surface area contributed by atoms with Gasteiger partial charge in [0.2, 0.25) is 0 Å². The molecule has 0 unspecified atom stereocenters. The van der Waals surface area contributed by atoms with E-state index in [1.165, 1.54) is 4.90 Å². The van der Waals surface area contributed by atoms with Crippen LogP contribution in [0.2, 0.25) is 0 Å². The molecule has 0 N–H and O–H groups in total. The molecular weight excluding hydrogens is 270 g/mol. The van der Waals surface area contributed by atoms with E-state index in [0.29, 0.717) is 0 Å². The van der Waals surface area contributed by atoms with E-state index < -0.39 is 17.6 Å². The van der Waals surface area contributed by atoms with Crippen LogP contribution in [0, 0.1) is 5.92 Å². The third kappa shape index (κ3) is 3.54. The van der Waals surface area contributed by atoms with Crippen molar-refractivity contribution in [1.29, 1.82) is 0 Å². The summed E-state index contributed by atoms with van der Waals surface area (Å²) in [5.74, 6) is -0.739. The lowest BCUT2D eigenvalue weighted by Crippen LogP contribution is -2.48. The van der Waals surface area contributed by atoms with Crippen LogP contribution in [0.25, 0.3) is 0 Å². The Balaban J connectivity index is 2.29. The Kier molecular flexibility index (Phi) is 4.21.